The Bertz CT molecular complexity index is 1260. The fraction of sp³-hybridized carbons (Fsp3) is 0.240. The first-order chi connectivity index (χ1) is 14.7. The number of anilines is 2. The average Bonchev–Trinajstić information content (AvgIpc) is 3.07. The molecule has 31 heavy (non-hydrogen) atoms. The summed E-state index contributed by atoms with van der Waals surface area (Å²) in [4.78, 5) is 13.1. The van der Waals surface area contributed by atoms with Crippen LogP contribution in [0.15, 0.2) is 65.6 Å². The summed E-state index contributed by atoms with van der Waals surface area (Å²) in [6, 6.07) is 17.6. The molecule has 0 saturated heterocycles. The zero-order chi connectivity index (χ0) is 22.3. The smallest absolute Gasteiger partial charge is 0.264 e. The van der Waals surface area contributed by atoms with Crippen molar-refractivity contribution >= 4 is 27.3 Å². The number of benzene rings is 3. The number of hydrogen-bond donors (Lipinski definition) is 1. The van der Waals surface area contributed by atoms with Gasteiger partial charge in [0.1, 0.15) is 0 Å². The van der Waals surface area contributed by atoms with Gasteiger partial charge in [-0.05, 0) is 75.1 Å². The average molecular weight is 435 g/mol. The van der Waals surface area contributed by atoms with Gasteiger partial charge in [-0.2, -0.15) is 0 Å². The van der Waals surface area contributed by atoms with E-state index in [0.717, 1.165) is 27.9 Å². The summed E-state index contributed by atoms with van der Waals surface area (Å²) in [5, 5.41) is 2.95. The first-order valence-electron chi connectivity index (χ1n) is 10.3. The van der Waals surface area contributed by atoms with Crippen LogP contribution in [0.4, 0.5) is 11.4 Å². The topological polar surface area (TPSA) is 66.5 Å². The molecule has 1 N–H and O–H groups in total. The molecule has 1 heterocycles. The van der Waals surface area contributed by atoms with E-state index in [1.807, 2.05) is 64.1 Å². The fourth-order valence-corrected chi connectivity index (χ4v) is 6.12. The molecule has 0 aromatic heterocycles. The second kappa shape index (κ2) is 7.85. The molecule has 160 valence electrons. The molecule has 1 aliphatic heterocycles. The predicted molar refractivity (Wildman–Crippen MR) is 124 cm³/mol. The molecule has 0 aliphatic carbocycles. The van der Waals surface area contributed by atoms with E-state index in [1.165, 1.54) is 10.4 Å². The monoisotopic (exact) mass is 434 g/mol. The summed E-state index contributed by atoms with van der Waals surface area (Å²) in [6.07, 6.45) is 0.668. The molecule has 5 nitrogen and oxygen atoms in total. The van der Waals surface area contributed by atoms with Crippen molar-refractivity contribution in [2.24, 2.45) is 0 Å². The van der Waals surface area contributed by atoms with E-state index >= 15 is 0 Å². The first kappa shape index (κ1) is 21.1. The van der Waals surface area contributed by atoms with Crippen LogP contribution in [0.3, 0.4) is 0 Å². The number of aryl methyl sites for hydroxylation is 3. The van der Waals surface area contributed by atoms with Gasteiger partial charge in [-0.15, -0.1) is 0 Å². The zero-order valence-corrected chi connectivity index (χ0v) is 19.0. The molecule has 0 spiro atoms. The van der Waals surface area contributed by atoms with Crippen molar-refractivity contribution in [1.82, 2.24) is 0 Å². The van der Waals surface area contributed by atoms with Crippen molar-refractivity contribution < 1.29 is 13.2 Å². The van der Waals surface area contributed by atoms with E-state index in [0.29, 0.717) is 17.7 Å². The van der Waals surface area contributed by atoms with Crippen molar-refractivity contribution in [2.75, 3.05) is 9.62 Å². The molecule has 0 fully saturated rings. The van der Waals surface area contributed by atoms with Gasteiger partial charge in [-0.3, -0.25) is 9.10 Å². The fourth-order valence-electron chi connectivity index (χ4n) is 4.38. The number of amides is 1. The van der Waals surface area contributed by atoms with E-state index in [9.17, 15) is 13.2 Å². The lowest BCUT2D eigenvalue weighted by molar-refractivity contribution is 0.102. The number of carbonyl (C=O) groups is 1. The summed E-state index contributed by atoms with van der Waals surface area (Å²) in [6.45, 7) is 7.81. The third kappa shape index (κ3) is 3.83. The molecule has 3 aromatic rings. The van der Waals surface area contributed by atoms with E-state index in [4.69, 9.17) is 0 Å². The van der Waals surface area contributed by atoms with Crippen LogP contribution in [0.25, 0.3) is 0 Å². The van der Waals surface area contributed by atoms with Gasteiger partial charge in [0, 0.05) is 17.3 Å². The van der Waals surface area contributed by atoms with Gasteiger partial charge < -0.3 is 5.32 Å². The Kier molecular flexibility index (Phi) is 5.35. The molecule has 6 heteroatoms. The second-order valence-corrected chi connectivity index (χ2v) is 10.1. The highest BCUT2D eigenvalue weighted by Gasteiger charge is 2.36. The Morgan fingerprint density at radius 3 is 2.35 bits per heavy atom. The summed E-state index contributed by atoms with van der Waals surface area (Å²) >= 11 is 0. The minimum atomic E-state index is -3.80. The van der Waals surface area contributed by atoms with Crippen LogP contribution in [0, 0.1) is 20.8 Å². The lowest BCUT2D eigenvalue weighted by Gasteiger charge is -2.24. The number of sulfonamides is 1. The molecule has 0 saturated carbocycles. The standard InChI is InChI=1S/C25H26N2O3S/c1-16-12-17(2)24(18(3)13-16)26-25(28)21-9-7-10-22(15-21)31(29,30)27-19(4)14-20-8-5-6-11-23(20)27/h5-13,15,19H,14H2,1-4H3,(H,26,28). The van der Waals surface area contributed by atoms with Crippen LogP contribution >= 0.6 is 0 Å². The number of rotatable bonds is 4. The second-order valence-electron chi connectivity index (χ2n) is 8.24. The third-order valence-electron chi connectivity index (χ3n) is 5.71. The molecular formula is C25H26N2O3S. The Morgan fingerprint density at radius 1 is 0.968 bits per heavy atom. The van der Waals surface area contributed by atoms with Gasteiger partial charge in [0.05, 0.1) is 10.6 Å². The maximum atomic E-state index is 13.5. The molecule has 1 aliphatic rings. The van der Waals surface area contributed by atoms with Gasteiger partial charge in [0.15, 0.2) is 0 Å². The lowest BCUT2D eigenvalue weighted by atomic mass is 10.0. The van der Waals surface area contributed by atoms with Gasteiger partial charge in [-0.1, -0.05) is 42.0 Å². The Labute approximate surface area is 183 Å². The van der Waals surface area contributed by atoms with Crippen molar-refractivity contribution in [2.45, 2.75) is 45.1 Å². The predicted octanol–water partition coefficient (Wildman–Crippen LogP) is 5.00. The first-order valence-corrected chi connectivity index (χ1v) is 11.7. The van der Waals surface area contributed by atoms with E-state index in [1.54, 1.807) is 18.2 Å². The highest BCUT2D eigenvalue weighted by molar-refractivity contribution is 7.92. The molecule has 1 unspecified atom stereocenters. The number of nitrogens with zero attached hydrogens (tertiary/aromatic N) is 1. The van der Waals surface area contributed by atoms with Crippen molar-refractivity contribution in [3.8, 4) is 0 Å². The van der Waals surface area contributed by atoms with E-state index < -0.39 is 10.0 Å². The number of fused-ring (bicyclic) bond motifs is 1. The van der Waals surface area contributed by atoms with Crippen LogP contribution in [0.5, 0.6) is 0 Å². The molecular weight excluding hydrogens is 408 g/mol. The van der Waals surface area contributed by atoms with Crippen LogP contribution in [0.2, 0.25) is 0 Å². The van der Waals surface area contributed by atoms with Crippen molar-refractivity contribution in [1.29, 1.82) is 0 Å². The SMILES string of the molecule is Cc1cc(C)c(NC(=O)c2cccc(S(=O)(=O)N3c4ccccc4CC3C)c2)c(C)c1. The van der Waals surface area contributed by atoms with Crippen LogP contribution in [0.1, 0.15) is 39.5 Å². The Hall–Kier alpha value is -3.12. The van der Waals surface area contributed by atoms with Crippen LogP contribution in [-0.4, -0.2) is 20.4 Å². The summed E-state index contributed by atoms with van der Waals surface area (Å²) in [7, 11) is -3.80. The molecule has 1 atom stereocenters. The Balaban J connectivity index is 1.67. The number of para-hydroxylation sites is 1. The highest BCUT2D eigenvalue weighted by atomic mass is 32.2. The summed E-state index contributed by atoms with van der Waals surface area (Å²) in [5.41, 5.74) is 5.84. The van der Waals surface area contributed by atoms with Gasteiger partial charge in [0.2, 0.25) is 0 Å². The van der Waals surface area contributed by atoms with Gasteiger partial charge >= 0.3 is 0 Å². The minimum absolute atomic E-state index is 0.112. The molecule has 0 radical (unpaired) electrons. The molecule has 0 bridgehead atoms. The normalized spacial score (nSPS) is 15.6. The number of hydrogen-bond acceptors (Lipinski definition) is 3. The van der Waals surface area contributed by atoms with E-state index in [2.05, 4.69) is 5.32 Å². The lowest BCUT2D eigenvalue weighted by Crippen LogP contribution is -2.35. The molecule has 3 aromatic carbocycles. The summed E-state index contributed by atoms with van der Waals surface area (Å²) in [5.74, 6) is -0.332. The number of nitrogens with one attached hydrogen (secondary N) is 1. The van der Waals surface area contributed by atoms with Crippen molar-refractivity contribution in [3.05, 3.63) is 88.5 Å². The maximum Gasteiger partial charge on any atom is 0.264 e. The molecule has 4 rings (SSSR count). The van der Waals surface area contributed by atoms with Crippen LogP contribution in [-0.2, 0) is 16.4 Å². The zero-order valence-electron chi connectivity index (χ0n) is 18.1. The van der Waals surface area contributed by atoms with Crippen LogP contribution < -0.4 is 9.62 Å². The molecule has 1 amide bonds. The third-order valence-corrected chi connectivity index (χ3v) is 7.64. The van der Waals surface area contributed by atoms with Gasteiger partial charge in [-0.25, -0.2) is 8.42 Å². The minimum Gasteiger partial charge on any atom is -0.322 e. The van der Waals surface area contributed by atoms with E-state index in [-0.39, 0.29) is 16.8 Å². The quantitative estimate of drug-likeness (QED) is 0.628. The number of carbonyl (C=O) groups excluding carboxylic acids is 1. The summed E-state index contributed by atoms with van der Waals surface area (Å²) < 4.78 is 28.4. The Morgan fingerprint density at radius 2 is 1.65 bits per heavy atom. The largest absolute Gasteiger partial charge is 0.322 e. The van der Waals surface area contributed by atoms with Gasteiger partial charge in [0.25, 0.3) is 15.9 Å². The maximum absolute atomic E-state index is 13.5. The highest BCUT2D eigenvalue weighted by Crippen LogP contribution is 2.36. The van der Waals surface area contributed by atoms with Crippen molar-refractivity contribution in [3.63, 3.8) is 0 Å².